The van der Waals surface area contributed by atoms with Gasteiger partial charge in [-0.05, 0) is 55.6 Å². The molecule has 0 N–H and O–H groups in total. The van der Waals surface area contributed by atoms with Crippen LogP contribution in [-0.4, -0.2) is 11.7 Å². The molecule has 0 saturated heterocycles. The maximum atomic E-state index is 11.7. The number of methoxy groups -OCH3 is 1. The average molecular weight is 373 g/mol. The molecule has 0 amide bonds. The van der Waals surface area contributed by atoms with Crippen molar-refractivity contribution in [3.05, 3.63) is 61.4 Å². The number of nitrogens with zero attached hydrogens (tertiary/aromatic N) is 1. The molecule has 5 heteroatoms. The standard InChI is InChI=1S/C13H11Br2NO2/c1-18-12-4-2-9(6-11(12)15)7-16-8-10(14)3-5-13(16)17/h2-6,8H,7H2,1H3. The summed E-state index contributed by atoms with van der Waals surface area (Å²) in [5, 5.41) is 0. The second-order valence-electron chi connectivity index (χ2n) is 3.78. The molecule has 2 aromatic rings. The highest BCUT2D eigenvalue weighted by Crippen LogP contribution is 2.25. The third-order valence-electron chi connectivity index (χ3n) is 2.52. The fourth-order valence-corrected chi connectivity index (χ4v) is 2.60. The zero-order chi connectivity index (χ0) is 13.1. The molecule has 1 heterocycles. The fourth-order valence-electron chi connectivity index (χ4n) is 1.63. The highest BCUT2D eigenvalue weighted by Gasteiger charge is 2.03. The van der Waals surface area contributed by atoms with Crippen molar-refractivity contribution in [2.45, 2.75) is 6.54 Å². The van der Waals surface area contributed by atoms with Gasteiger partial charge in [0.15, 0.2) is 0 Å². The Kier molecular flexibility index (Phi) is 4.24. The molecule has 1 aromatic heterocycles. The average Bonchev–Trinajstić information content (AvgIpc) is 2.34. The van der Waals surface area contributed by atoms with E-state index in [1.54, 1.807) is 30.0 Å². The quantitative estimate of drug-likeness (QED) is 0.826. The van der Waals surface area contributed by atoms with Crippen LogP contribution in [0.3, 0.4) is 0 Å². The van der Waals surface area contributed by atoms with E-state index in [2.05, 4.69) is 31.9 Å². The molecule has 18 heavy (non-hydrogen) atoms. The zero-order valence-electron chi connectivity index (χ0n) is 9.69. The van der Waals surface area contributed by atoms with Gasteiger partial charge in [0, 0.05) is 16.7 Å². The molecule has 0 spiro atoms. The summed E-state index contributed by atoms with van der Waals surface area (Å²) in [5.74, 6) is 0.778. The second kappa shape index (κ2) is 5.71. The number of ether oxygens (including phenoxy) is 1. The van der Waals surface area contributed by atoms with E-state index in [0.717, 1.165) is 20.3 Å². The van der Waals surface area contributed by atoms with Crippen LogP contribution in [0, 0.1) is 0 Å². The summed E-state index contributed by atoms with van der Waals surface area (Å²) in [6.07, 6.45) is 1.78. The maximum Gasteiger partial charge on any atom is 0.250 e. The van der Waals surface area contributed by atoms with E-state index >= 15 is 0 Å². The van der Waals surface area contributed by atoms with Gasteiger partial charge in [-0.3, -0.25) is 4.79 Å². The van der Waals surface area contributed by atoms with Gasteiger partial charge in [0.05, 0.1) is 18.1 Å². The molecule has 2 rings (SSSR count). The smallest absolute Gasteiger partial charge is 0.250 e. The van der Waals surface area contributed by atoms with Crippen LogP contribution < -0.4 is 10.3 Å². The van der Waals surface area contributed by atoms with Crippen LogP contribution in [0.4, 0.5) is 0 Å². The van der Waals surface area contributed by atoms with Crippen LogP contribution in [0.1, 0.15) is 5.56 Å². The molecule has 0 aliphatic heterocycles. The lowest BCUT2D eigenvalue weighted by Crippen LogP contribution is -2.18. The molecule has 0 unspecified atom stereocenters. The van der Waals surface area contributed by atoms with Crippen molar-refractivity contribution in [2.75, 3.05) is 7.11 Å². The number of benzene rings is 1. The molecule has 0 atom stereocenters. The van der Waals surface area contributed by atoms with Crippen LogP contribution in [0.15, 0.2) is 50.3 Å². The summed E-state index contributed by atoms with van der Waals surface area (Å²) in [6, 6.07) is 9.05. The molecule has 0 radical (unpaired) electrons. The Labute approximate surface area is 122 Å². The lowest BCUT2D eigenvalue weighted by Gasteiger charge is -2.08. The molecule has 0 fully saturated rings. The first-order valence-electron chi connectivity index (χ1n) is 5.28. The van der Waals surface area contributed by atoms with Gasteiger partial charge in [-0.25, -0.2) is 0 Å². The SMILES string of the molecule is COc1ccc(Cn2cc(Br)ccc2=O)cc1Br. The third-order valence-corrected chi connectivity index (χ3v) is 3.61. The third kappa shape index (κ3) is 3.03. The first kappa shape index (κ1) is 13.4. The first-order chi connectivity index (χ1) is 8.60. The lowest BCUT2D eigenvalue weighted by molar-refractivity contribution is 0.412. The van der Waals surface area contributed by atoms with Crippen LogP contribution in [0.25, 0.3) is 0 Å². The van der Waals surface area contributed by atoms with Crippen molar-refractivity contribution in [1.29, 1.82) is 0 Å². The van der Waals surface area contributed by atoms with Gasteiger partial charge in [0.2, 0.25) is 0 Å². The van der Waals surface area contributed by atoms with E-state index in [0.29, 0.717) is 6.54 Å². The molecule has 0 aliphatic rings. The predicted molar refractivity (Wildman–Crippen MR) is 78.2 cm³/mol. The Morgan fingerprint density at radius 1 is 1.22 bits per heavy atom. The molecular formula is C13H11Br2NO2. The van der Waals surface area contributed by atoms with Gasteiger partial charge in [-0.2, -0.15) is 0 Å². The minimum atomic E-state index is -0.0230. The van der Waals surface area contributed by atoms with Crippen LogP contribution >= 0.6 is 31.9 Å². The van der Waals surface area contributed by atoms with Gasteiger partial charge >= 0.3 is 0 Å². The number of rotatable bonds is 3. The summed E-state index contributed by atoms with van der Waals surface area (Å²) in [4.78, 5) is 11.7. The zero-order valence-corrected chi connectivity index (χ0v) is 12.9. The maximum absolute atomic E-state index is 11.7. The Bertz CT molecular complexity index is 623. The normalized spacial score (nSPS) is 10.4. The molecule has 94 valence electrons. The Morgan fingerprint density at radius 3 is 2.67 bits per heavy atom. The number of aromatic nitrogens is 1. The highest BCUT2D eigenvalue weighted by atomic mass is 79.9. The Morgan fingerprint density at radius 2 is 2.00 bits per heavy atom. The van der Waals surface area contributed by atoms with Crippen molar-refractivity contribution < 1.29 is 4.74 Å². The summed E-state index contributed by atoms with van der Waals surface area (Å²) < 4.78 is 8.59. The monoisotopic (exact) mass is 371 g/mol. The second-order valence-corrected chi connectivity index (χ2v) is 5.55. The van der Waals surface area contributed by atoms with Crippen molar-refractivity contribution in [2.24, 2.45) is 0 Å². The molecule has 0 aliphatic carbocycles. The van der Waals surface area contributed by atoms with Crippen molar-refractivity contribution in [3.8, 4) is 5.75 Å². The number of hydrogen-bond donors (Lipinski definition) is 0. The van der Waals surface area contributed by atoms with E-state index < -0.39 is 0 Å². The fraction of sp³-hybridized carbons (Fsp3) is 0.154. The van der Waals surface area contributed by atoms with E-state index in [9.17, 15) is 4.79 Å². The van der Waals surface area contributed by atoms with Gasteiger partial charge < -0.3 is 9.30 Å². The predicted octanol–water partition coefficient (Wildman–Crippen LogP) is 3.43. The van der Waals surface area contributed by atoms with Crippen molar-refractivity contribution >= 4 is 31.9 Å². The minimum Gasteiger partial charge on any atom is -0.496 e. The Hall–Kier alpha value is -1.07. The number of hydrogen-bond acceptors (Lipinski definition) is 2. The van der Waals surface area contributed by atoms with Gasteiger partial charge in [-0.1, -0.05) is 6.07 Å². The van der Waals surface area contributed by atoms with Crippen LogP contribution in [-0.2, 0) is 6.54 Å². The summed E-state index contributed by atoms with van der Waals surface area (Å²) in [7, 11) is 1.62. The summed E-state index contributed by atoms with van der Waals surface area (Å²) >= 11 is 6.79. The van der Waals surface area contributed by atoms with Gasteiger partial charge in [0.1, 0.15) is 5.75 Å². The first-order valence-corrected chi connectivity index (χ1v) is 6.87. The highest BCUT2D eigenvalue weighted by molar-refractivity contribution is 9.10. The van der Waals surface area contributed by atoms with E-state index in [1.807, 2.05) is 18.2 Å². The van der Waals surface area contributed by atoms with Crippen LogP contribution in [0.5, 0.6) is 5.75 Å². The van der Waals surface area contributed by atoms with E-state index in [-0.39, 0.29) is 5.56 Å². The van der Waals surface area contributed by atoms with E-state index in [1.165, 1.54) is 0 Å². The van der Waals surface area contributed by atoms with Gasteiger partial charge in [-0.15, -0.1) is 0 Å². The Balaban J connectivity index is 2.31. The van der Waals surface area contributed by atoms with Crippen molar-refractivity contribution in [1.82, 2.24) is 4.57 Å². The van der Waals surface area contributed by atoms with Gasteiger partial charge in [0.25, 0.3) is 5.56 Å². The van der Waals surface area contributed by atoms with Crippen molar-refractivity contribution in [3.63, 3.8) is 0 Å². The molecule has 1 aromatic carbocycles. The van der Waals surface area contributed by atoms with E-state index in [4.69, 9.17) is 4.74 Å². The van der Waals surface area contributed by atoms with Crippen LogP contribution in [0.2, 0.25) is 0 Å². The lowest BCUT2D eigenvalue weighted by atomic mass is 10.2. The molecule has 3 nitrogen and oxygen atoms in total. The minimum absolute atomic E-state index is 0.0230. The summed E-state index contributed by atoms with van der Waals surface area (Å²) in [5.41, 5.74) is 1.01. The largest absolute Gasteiger partial charge is 0.496 e. The molecular weight excluding hydrogens is 362 g/mol. The number of halogens is 2. The topological polar surface area (TPSA) is 31.2 Å². The molecule has 0 bridgehead atoms. The number of pyridine rings is 1. The molecule has 0 saturated carbocycles. The summed E-state index contributed by atoms with van der Waals surface area (Å²) in [6.45, 7) is 0.529.